The number of tetrazole rings is 1. The van der Waals surface area contributed by atoms with Gasteiger partial charge in [-0.2, -0.15) is 4.80 Å². The number of likely N-dealkylation sites (tertiary alicyclic amines) is 1. The molecule has 9 nitrogen and oxygen atoms in total. The predicted molar refractivity (Wildman–Crippen MR) is 137 cm³/mol. The lowest BCUT2D eigenvalue weighted by molar-refractivity contribution is -0.143. The van der Waals surface area contributed by atoms with E-state index in [1.54, 1.807) is 25.1 Å². The highest BCUT2D eigenvalue weighted by Crippen LogP contribution is 2.40. The highest BCUT2D eigenvalue weighted by molar-refractivity contribution is 8.14. The lowest BCUT2D eigenvalue weighted by atomic mass is 9.93. The number of ether oxygens (including phenoxy) is 1. The van der Waals surface area contributed by atoms with Crippen molar-refractivity contribution in [3.8, 4) is 0 Å². The van der Waals surface area contributed by atoms with Crippen LogP contribution in [-0.4, -0.2) is 66.9 Å². The molecular formula is C26H32FN5O4S. The Bertz CT molecular complexity index is 1170. The van der Waals surface area contributed by atoms with E-state index >= 15 is 0 Å². The maximum atomic E-state index is 14.8. The van der Waals surface area contributed by atoms with Gasteiger partial charge in [0.2, 0.25) is 0 Å². The number of benzene rings is 1. The number of aryl methyl sites for hydroxylation is 1. The normalized spacial score (nSPS) is 20.1. The van der Waals surface area contributed by atoms with Crippen LogP contribution in [-0.2, 0) is 25.7 Å². The van der Waals surface area contributed by atoms with Crippen molar-refractivity contribution in [1.82, 2.24) is 25.1 Å². The van der Waals surface area contributed by atoms with Gasteiger partial charge in [0.15, 0.2) is 16.7 Å². The summed E-state index contributed by atoms with van der Waals surface area (Å²) in [6.45, 7) is 5.01. The molecule has 0 N–H and O–H groups in total. The average Bonchev–Trinajstić information content (AvgIpc) is 3.62. The average molecular weight is 530 g/mol. The number of nitrogens with zero attached hydrogens (tertiary/aromatic N) is 5. The molecule has 1 aromatic carbocycles. The molecule has 0 spiro atoms. The largest absolute Gasteiger partial charge is 0.466 e. The topological polar surface area (TPSA) is 107 Å². The van der Waals surface area contributed by atoms with Gasteiger partial charge in [-0.15, -0.1) is 10.2 Å². The van der Waals surface area contributed by atoms with Crippen molar-refractivity contribution in [2.45, 2.75) is 63.8 Å². The monoisotopic (exact) mass is 529 g/mol. The number of halogens is 1. The number of thioether (sulfide) groups is 1. The molecule has 198 valence electrons. The minimum atomic E-state index is -0.674. The summed E-state index contributed by atoms with van der Waals surface area (Å²) in [5, 5.41) is 12.5. The molecule has 2 heterocycles. The maximum Gasteiger partial charge on any atom is 0.305 e. The number of esters is 1. The molecule has 1 aliphatic heterocycles. The van der Waals surface area contributed by atoms with Crippen molar-refractivity contribution >= 4 is 34.7 Å². The van der Waals surface area contributed by atoms with Crippen LogP contribution in [0.15, 0.2) is 29.8 Å². The third-order valence-electron chi connectivity index (χ3n) is 6.43. The third kappa shape index (κ3) is 7.32. The second-order valence-electron chi connectivity index (χ2n) is 9.33. The van der Waals surface area contributed by atoms with Crippen LogP contribution in [0.4, 0.5) is 4.39 Å². The van der Waals surface area contributed by atoms with Crippen LogP contribution in [0.1, 0.15) is 63.4 Å². The number of carbonyl (C=O) groups is 3. The Balaban J connectivity index is 1.54. The second-order valence-corrected chi connectivity index (χ2v) is 10.7. The van der Waals surface area contributed by atoms with E-state index in [0.29, 0.717) is 50.5 Å². The van der Waals surface area contributed by atoms with Crippen LogP contribution in [0.3, 0.4) is 0 Å². The first-order valence-electron chi connectivity index (χ1n) is 12.7. The maximum absolute atomic E-state index is 14.8. The number of Topliss-reactive ketones (excluding diaryl/α,β-unsaturated/α-hetero) is 1. The Hall–Kier alpha value is -2.92. The number of ketones is 1. The summed E-state index contributed by atoms with van der Waals surface area (Å²) in [6, 6.07) is 5.78. The molecule has 1 aromatic heterocycles. The molecule has 2 fully saturated rings. The fourth-order valence-corrected chi connectivity index (χ4v) is 5.49. The Morgan fingerprint density at radius 3 is 2.73 bits per heavy atom. The standard InChI is InChI=1S/C26H32FN5O4S/c1-3-36-24(34)9-6-13-32-29-23(28-30-32)15-19-16-31(14-12-22(19)37-17(2)33)25(26(35)18-10-11-18)20-7-4-5-8-21(20)27/h4-5,7-8,15,18,22,25H,3,6,9-14,16H2,1-2H3/b19-15-. The van der Waals surface area contributed by atoms with E-state index in [2.05, 4.69) is 15.4 Å². The SMILES string of the molecule is CCOC(=O)CCCn1nnc(/C=C2/CN(C(C(=O)C3CC3)c3ccccc3F)CCC2SC(C)=O)n1. The predicted octanol–water partition coefficient (Wildman–Crippen LogP) is 3.61. The lowest BCUT2D eigenvalue weighted by Gasteiger charge is -2.38. The summed E-state index contributed by atoms with van der Waals surface area (Å²) >= 11 is 1.24. The zero-order chi connectivity index (χ0) is 26.4. The van der Waals surface area contributed by atoms with Gasteiger partial charge in [0.25, 0.3) is 0 Å². The summed E-state index contributed by atoms with van der Waals surface area (Å²) in [6.07, 6.45) is 4.91. The van der Waals surface area contributed by atoms with E-state index in [9.17, 15) is 18.8 Å². The quantitative estimate of drug-likeness (QED) is 0.403. The number of hydrogen-bond donors (Lipinski definition) is 0. The van der Waals surface area contributed by atoms with Crippen LogP contribution in [0.2, 0.25) is 0 Å². The molecule has 1 saturated heterocycles. The Labute approximate surface area is 219 Å². The Morgan fingerprint density at radius 2 is 2.03 bits per heavy atom. The summed E-state index contributed by atoms with van der Waals surface area (Å²) < 4.78 is 19.8. The molecule has 2 atom stereocenters. The number of carbonyl (C=O) groups excluding carboxylic acids is 3. The molecule has 2 aromatic rings. The van der Waals surface area contributed by atoms with Gasteiger partial charge in [-0.3, -0.25) is 19.3 Å². The highest BCUT2D eigenvalue weighted by Gasteiger charge is 2.41. The Morgan fingerprint density at radius 1 is 1.24 bits per heavy atom. The van der Waals surface area contributed by atoms with Crippen molar-refractivity contribution < 1.29 is 23.5 Å². The van der Waals surface area contributed by atoms with Gasteiger partial charge in [-0.1, -0.05) is 30.0 Å². The summed E-state index contributed by atoms with van der Waals surface area (Å²) in [5.41, 5.74) is 1.28. The smallest absolute Gasteiger partial charge is 0.305 e. The van der Waals surface area contributed by atoms with Crippen molar-refractivity contribution in [2.24, 2.45) is 5.92 Å². The van der Waals surface area contributed by atoms with Gasteiger partial charge in [-0.25, -0.2) is 4.39 Å². The fraction of sp³-hybridized carbons (Fsp3) is 0.538. The summed E-state index contributed by atoms with van der Waals surface area (Å²) in [4.78, 5) is 40.3. The van der Waals surface area contributed by atoms with Gasteiger partial charge >= 0.3 is 5.97 Å². The fourth-order valence-electron chi connectivity index (χ4n) is 4.57. The molecule has 1 aliphatic carbocycles. The first-order chi connectivity index (χ1) is 17.9. The molecule has 1 saturated carbocycles. The molecule has 11 heteroatoms. The van der Waals surface area contributed by atoms with Gasteiger partial charge < -0.3 is 4.74 Å². The second kappa shape index (κ2) is 12.6. The van der Waals surface area contributed by atoms with Crippen molar-refractivity contribution in [2.75, 3.05) is 19.7 Å². The molecule has 37 heavy (non-hydrogen) atoms. The Kier molecular flexibility index (Phi) is 9.20. The molecule has 0 radical (unpaired) electrons. The molecule has 2 unspecified atom stereocenters. The zero-order valence-electron chi connectivity index (χ0n) is 21.1. The molecule has 2 aliphatic rings. The van der Waals surface area contributed by atoms with E-state index in [0.717, 1.165) is 18.4 Å². The van der Waals surface area contributed by atoms with E-state index in [1.165, 1.54) is 29.5 Å². The minimum absolute atomic E-state index is 0.000334. The minimum Gasteiger partial charge on any atom is -0.466 e. The van der Waals surface area contributed by atoms with Gasteiger partial charge in [0.05, 0.1) is 19.2 Å². The molecule has 0 amide bonds. The molecule has 4 rings (SSSR count). The van der Waals surface area contributed by atoms with Crippen molar-refractivity contribution in [3.63, 3.8) is 0 Å². The first-order valence-corrected chi connectivity index (χ1v) is 13.6. The highest BCUT2D eigenvalue weighted by atomic mass is 32.2. The summed E-state index contributed by atoms with van der Waals surface area (Å²) in [7, 11) is 0. The van der Waals surface area contributed by atoms with Gasteiger partial charge in [0.1, 0.15) is 5.82 Å². The number of hydrogen-bond acceptors (Lipinski definition) is 9. The van der Waals surface area contributed by atoms with Crippen molar-refractivity contribution in [3.05, 3.63) is 47.0 Å². The number of rotatable bonds is 11. The molecule has 0 bridgehead atoms. The van der Waals surface area contributed by atoms with Crippen LogP contribution in [0.25, 0.3) is 6.08 Å². The first kappa shape index (κ1) is 27.1. The van der Waals surface area contributed by atoms with E-state index in [1.807, 2.05) is 11.0 Å². The number of aromatic nitrogens is 4. The van der Waals surface area contributed by atoms with E-state index in [-0.39, 0.29) is 40.3 Å². The van der Waals surface area contributed by atoms with Crippen LogP contribution in [0, 0.1) is 11.7 Å². The van der Waals surface area contributed by atoms with Crippen LogP contribution in [0.5, 0.6) is 0 Å². The summed E-state index contributed by atoms with van der Waals surface area (Å²) in [5.74, 6) is -0.246. The van der Waals surface area contributed by atoms with Gasteiger partial charge in [0, 0.05) is 43.2 Å². The van der Waals surface area contributed by atoms with Gasteiger partial charge in [-0.05, 0) is 55.5 Å². The zero-order valence-corrected chi connectivity index (χ0v) is 22.0. The third-order valence-corrected chi connectivity index (χ3v) is 7.58. The van der Waals surface area contributed by atoms with Crippen LogP contribution < -0.4 is 0 Å². The number of piperidine rings is 1. The van der Waals surface area contributed by atoms with E-state index < -0.39 is 6.04 Å². The van der Waals surface area contributed by atoms with E-state index in [4.69, 9.17) is 4.74 Å². The van der Waals surface area contributed by atoms with Crippen molar-refractivity contribution in [1.29, 1.82) is 0 Å². The van der Waals surface area contributed by atoms with Crippen LogP contribution >= 0.6 is 11.8 Å². The lowest BCUT2D eigenvalue weighted by Crippen LogP contribution is -2.43. The molecular weight excluding hydrogens is 497 g/mol.